The molecule has 0 saturated carbocycles. The Kier molecular flexibility index (Phi) is 13.0. The second-order valence-corrected chi connectivity index (χ2v) is 14.4. The summed E-state index contributed by atoms with van der Waals surface area (Å²) >= 11 is 0. The minimum absolute atomic E-state index is 0.389. The van der Waals surface area contributed by atoms with Crippen molar-refractivity contribution in [3.05, 3.63) is 0 Å². The van der Waals surface area contributed by atoms with Crippen molar-refractivity contribution in [2.24, 2.45) is 0 Å². The molecule has 0 spiro atoms. The van der Waals surface area contributed by atoms with Crippen molar-refractivity contribution in [2.45, 2.75) is 0 Å². The minimum atomic E-state index is -0.389. The Balaban J connectivity index is -0.000000131. The van der Waals surface area contributed by atoms with Crippen LogP contribution in [0.25, 0.3) is 0 Å². The number of hydrogen-bond acceptors (Lipinski definition) is 0. The lowest BCUT2D eigenvalue weighted by Gasteiger charge is -2.14. The zero-order valence-electron chi connectivity index (χ0n) is 12.3. The molecule has 0 N–H and O–H groups in total. The summed E-state index contributed by atoms with van der Waals surface area (Å²) in [7, 11) is 8.75. The van der Waals surface area contributed by atoms with Gasteiger partial charge in [0.15, 0.2) is 0 Å². The average Bonchev–Trinajstić information content (AvgIpc) is 1.45. The molecular weight excluding hydrogens is 209 g/mol. The molecule has 0 aliphatic carbocycles. The van der Waals surface area contributed by atoms with Crippen molar-refractivity contribution < 1.29 is 4.48 Å². The predicted octanol–water partition coefficient (Wildman–Crippen LogP) is 2.34. The van der Waals surface area contributed by atoms with Gasteiger partial charge in [-0.15, -0.1) is 0 Å². The van der Waals surface area contributed by atoms with E-state index in [1.807, 2.05) is 0 Å². The molecule has 0 saturated heterocycles. The van der Waals surface area contributed by atoms with E-state index < -0.39 is 0 Å². The SMILES string of the molecule is C[N+](C)(C)C.C[P+](C)(C)C.C[S+](C)C. The van der Waals surface area contributed by atoms with E-state index in [9.17, 15) is 0 Å². The second-order valence-electron chi connectivity index (χ2n) is 6.59. The smallest absolute Gasteiger partial charge is 0.0969 e. The van der Waals surface area contributed by atoms with Gasteiger partial charge in [-0.2, -0.15) is 0 Å². The molecule has 0 atom stereocenters. The average molecular weight is 242 g/mol. The summed E-state index contributed by atoms with van der Waals surface area (Å²) in [5, 5.41) is 0. The van der Waals surface area contributed by atoms with Gasteiger partial charge in [-0.1, -0.05) is 0 Å². The number of rotatable bonds is 0. The molecule has 0 rings (SSSR count). The lowest BCUT2D eigenvalue weighted by molar-refractivity contribution is -0.849. The van der Waals surface area contributed by atoms with Gasteiger partial charge in [0.05, 0.1) is 47.0 Å². The summed E-state index contributed by atoms with van der Waals surface area (Å²) in [6, 6.07) is 0. The summed E-state index contributed by atoms with van der Waals surface area (Å²) in [4.78, 5) is 0. The summed E-state index contributed by atoms with van der Waals surface area (Å²) in [6.45, 7) is 9.19. The van der Waals surface area contributed by atoms with Crippen LogP contribution in [0, 0.1) is 0 Å². The fourth-order valence-corrected chi connectivity index (χ4v) is 0. The third-order valence-corrected chi connectivity index (χ3v) is 0. The van der Waals surface area contributed by atoms with Crippen LogP contribution < -0.4 is 0 Å². The maximum Gasteiger partial charge on any atom is 0.0969 e. The number of hydrogen-bond donors (Lipinski definition) is 0. The Hall–Kier alpha value is 0.740. The van der Waals surface area contributed by atoms with Gasteiger partial charge in [-0.25, -0.2) is 0 Å². The van der Waals surface area contributed by atoms with Crippen LogP contribution >= 0.6 is 7.26 Å². The molecule has 0 bridgehead atoms. The third-order valence-electron chi connectivity index (χ3n) is 0. The predicted molar refractivity (Wildman–Crippen MR) is 79.7 cm³/mol. The molecule has 1 nitrogen and oxygen atoms in total. The molecule has 0 amide bonds. The van der Waals surface area contributed by atoms with E-state index in [2.05, 4.69) is 73.6 Å². The molecule has 0 unspecified atom stereocenters. The highest BCUT2D eigenvalue weighted by atomic mass is 32.2. The van der Waals surface area contributed by atoms with E-state index in [0.29, 0.717) is 10.9 Å². The molecule has 0 radical (unpaired) electrons. The van der Waals surface area contributed by atoms with Gasteiger partial charge in [-0.3, -0.25) is 0 Å². The van der Waals surface area contributed by atoms with E-state index in [1.165, 1.54) is 0 Å². The molecule has 3 heteroatoms. The number of nitrogens with zero attached hydrogens (tertiary/aromatic N) is 1. The van der Waals surface area contributed by atoms with Crippen molar-refractivity contribution in [3.63, 3.8) is 0 Å². The minimum Gasteiger partial charge on any atom is -0.333 e. The van der Waals surface area contributed by atoms with E-state index in [-0.39, 0.29) is 7.26 Å². The van der Waals surface area contributed by atoms with Gasteiger partial charge in [-0.05, 0) is 10.9 Å². The quantitative estimate of drug-likeness (QED) is 0.347. The Bertz CT molecular complexity index is 84.7. The summed E-state index contributed by atoms with van der Waals surface area (Å²) in [5.74, 6) is 0. The Morgan fingerprint density at radius 3 is 0.714 bits per heavy atom. The first-order valence-corrected chi connectivity index (χ1v) is 10.8. The van der Waals surface area contributed by atoms with Crippen LogP contribution in [-0.4, -0.2) is 78.1 Å². The summed E-state index contributed by atoms with van der Waals surface area (Å²) < 4.78 is 1.00. The van der Waals surface area contributed by atoms with Crippen LogP contribution in [-0.2, 0) is 10.9 Å². The Labute approximate surface area is 96.5 Å². The van der Waals surface area contributed by atoms with Crippen molar-refractivity contribution in [1.29, 1.82) is 0 Å². The van der Waals surface area contributed by atoms with Crippen LogP contribution in [0.2, 0.25) is 0 Å². The van der Waals surface area contributed by atoms with Crippen LogP contribution in [0.5, 0.6) is 0 Å². The lowest BCUT2D eigenvalue weighted by atomic mass is 10.8. The van der Waals surface area contributed by atoms with E-state index in [1.54, 1.807) is 0 Å². The summed E-state index contributed by atoms with van der Waals surface area (Å²) in [6.07, 6.45) is 6.58. The monoisotopic (exact) mass is 242 g/mol. The first kappa shape index (κ1) is 20.2. The highest BCUT2D eigenvalue weighted by molar-refractivity contribution is 7.94. The Morgan fingerprint density at radius 1 is 0.714 bits per heavy atom. The molecule has 0 fully saturated rings. The van der Waals surface area contributed by atoms with Gasteiger partial charge < -0.3 is 4.48 Å². The first-order chi connectivity index (χ1) is 5.73. The lowest BCUT2D eigenvalue weighted by Crippen LogP contribution is -2.27. The molecule has 0 aromatic carbocycles. The van der Waals surface area contributed by atoms with Crippen LogP contribution in [0.4, 0.5) is 0 Å². The van der Waals surface area contributed by atoms with Crippen LogP contribution in [0.1, 0.15) is 0 Å². The zero-order valence-corrected chi connectivity index (χ0v) is 14.0. The fraction of sp³-hybridized carbons (Fsp3) is 1.00. The normalized spacial score (nSPS) is 11.1. The van der Waals surface area contributed by atoms with E-state index in [0.717, 1.165) is 4.48 Å². The molecule has 0 aliphatic rings. The van der Waals surface area contributed by atoms with Crippen molar-refractivity contribution in [2.75, 3.05) is 73.6 Å². The topological polar surface area (TPSA) is 0 Å². The molecule has 14 heavy (non-hydrogen) atoms. The third kappa shape index (κ3) is 3210. The zero-order chi connectivity index (χ0) is 12.6. The van der Waals surface area contributed by atoms with Gasteiger partial charge >= 0.3 is 0 Å². The number of quaternary nitrogens is 1. The molecule has 0 heterocycles. The van der Waals surface area contributed by atoms with Gasteiger partial charge in [0, 0.05) is 33.9 Å². The van der Waals surface area contributed by atoms with E-state index >= 15 is 0 Å². The first-order valence-electron chi connectivity index (χ1n) is 4.80. The molecule has 0 aliphatic heterocycles. The van der Waals surface area contributed by atoms with Gasteiger partial charge in [0.25, 0.3) is 0 Å². The second kappa shape index (κ2) is 9.00. The molecule has 0 aromatic rings. The van der Waals surface area contributed by atoms with Crippen molar-refractivity contribution in [1.82, 2.24) is 0 Å². The highest BCUT2D eigenvalue weighted by Gasteiger charge is 2.03. The van der Waals surface area contributed by atoms with Crippen molar-refractivity contribution >= 4 is 18.2 Å². The van der Waals surface area contributed by atoms with Gasteiger partial charge in [0.1, 0.15) is 0 Å². The highest BCUT2D eigenvalue weighted by Crippen LogP contribution is 2.40. The van der Waals surface area contributed by atoms with Gasteiger partial charge in [0.2, 0.25) is 0 Å². The van der Waals surface area contributed by atoms with Crippen molar-refractivity contribution in [3.8, 4) is 0 Å². The van der Waals surface area contributed by atoms with Crippen LogP contribution in [0.3, 0.4) is 0 Å². The standard InChI is InChI=1S/C4H12N.C4H12P.C3H9S/c2*1-5(2,3)4;1-4(2)3/h2*1-4H3;1-3H3/q3*+1. The fourth-order valence-electron chi connectivity index (χ4n) is 0. The van der Waals surface area contributed by atoms with Crippen LogP contribution in [0.15, 0.2) is 0 Å². The molecular formula is C11H33NPS+3. The largest absolute Gasteiger partial charge is 0.333 e. The van der Waals surface area contributed by atoms with E-state index in [4.69, 9.17) is 0 Å². The maximum atomic E-state index is 2.30. The molecule has 90 valence electrons. The Morgan fingerprint density at radius 2 is 0.714 bits per heavy atom. The maximum absolute atomic E-state index is 2.30. The summed E-state index contributed by atoms with van der Waals surface area (Å²) in [5.41, 5.74) is 0. The molecule has 0 aromatic heterocycles.